The van der Waals surface area contributed by atoms with Gasteiger partial charge in [0, 0.05) is 53.9 Å². The number of amides is 3. The maximum atomic E-state index is 13.8. The molecular weight excluding hydrogens is 590 g/mol. The number of hydrogen-bond donors (Lipinski definition) is 3. The standard InChI is InChI=1S/C37H39N7O3/c1-24-9-5-12-28(19-24)40-36(46)34-31-23-43(37(47)32-13-7-17-38-32)21-25(2)35(31)44(41-34)22-27-11-6-10-26-20-29(15-16-30(26)27)39-33(45)14-8-18-42(3)4/h5-17,19-20,25,38H,18,21-23H2,1-4H3,(H,39,45)(H,40,46). The second kappa shape index (κ2) is 13.5. The van der Waals surface area contributed by atoms with Crippen LogP contribution in [0.15, 0.2) is 91.1 Å². The zero-order valence-corrected chi connectivity index (χ0v) is 27.1. The van der Waals surface area contributed by atoms with Crippen molar-refractivity contribution in [3.8, 4) is 0 Å². The summed E-state index contributed by atoms with van der Waals surface area (Å²) in [4.78, 5) is 46.4. The Labute approximate surface area is 274 Å². The average molecular weight is 630 g/mol. The Morgan fingerprint density at radius 3 is 2.57 bits per heavy atom. The van der Waals surface area contributed by atoms with Gasteiger partial charge in [0.05, 0.1) is 13.1 Å². The largest absolute Gasteiger partial charge is 0.357 e. The van der Waals surface area contributed by atoms with Crippen LogP contribution in [0.25, 0.3) is 10.8 Å². The Balaban J connectivity index is 1.32. The topological polar surface area (TPSA) is 115 Å². The summed E-state index contributed by atoms with van der Waals surface area (Å²) in [6.07, 6.45) is 5.10. The van der Waals surface area contributed by atoms with Gasteiger partial charge in [0.15, 0.2) is 5.69 Å². The number of likely N-dealkylation sites (N-methyl/N-ethyl adjacent to an activating group) is 1. The maximum absolute atomic E-state index is 13.8. The van der Waals surface area contributed by atoms with Gasteiger partial charge in [0.25, 0.3) is 11.8 Å². The molecule has 10 heteroatoms. The van der Waals surface area contributed by atoms with Gasteiger partial charge in [-0.15, -0.1) is 0 Å². The Hall–Kier alpha value is -5.48. The summed E-state index contributed by atoms with van der Waals surface area (Å²) >= 11 is 0. The van der Waals surface area contributed by atoms with Gasteiger partial charge < -0.3 is 25.4 Å². The van der Waals surface area contributed by atoms with Crippen molar-refractivity contribution in [2.75, 3.05) is 37.8 Å². The van der Waals surface area contributed by atoms with E-state index in [1.165, 1.54) is 0 Å². The smallest absolute Gasteiger partial charge is 0.276 e. The van der Waals surface area contributed by atoms with E-state index in [9.17, 15) is 14.4 Å². The van der Waals surface area contributed by atoms with Crippen molar-refractivity contribution in [3.63, 3.8) is 0 Å². The second-order valence-electron chi connectivity index (χ2n) is 12.4. The van der Waals surface area contributed by atoms with Crippen LogP contribution in [0.2, 0.25) is 0 Å². The predicted molar refractivity (Wildman–Crippen MR) is 185 cm³/mol. The molecule has 0 spiro atoms. The molecule has 1 aliphatic rings. The number of benzene rings is 3. The van der Waals surface area contributed by atoms with Crippen molar-refractivity contribution < 1.29 is 14.4 Å². The molecule has 6 rings (SSSR count). The fourth-order valence-electron chi connectivity index (χ4n) is 6.18. The molecule has 0 aliphatic carbocycles. The lowest BCUT2D eigenvalue weighted by atomic mass is 9.95. The molecule has 0 radical (unpaired) electrons. The van der Waals surface area contributed by atoms with Crippen molar-refractivity contribution in [1.29, 1.82) is 0 Å². The molecule has 1 aliphatic heterocycles. The number of hydrogen-bond acceptors (Lipinski definition) is 5. The van der Waals surface area contributed by atoms with Gasteiger partial charge in [0.2, 0.25) is 5.91 Å². The lowest BCUT2D eigenvalue weighted by molar-refractivity contribution is -0.111. The number of fused-ring (bicyclic) bond motifs is 2. The van der Waals surface area contributed by atoms with E-state index in [0.717, 1.165) is 33.2 Å². The van der Waals surface area contributed by atoms with Gasteiger partial charge in [-0.05, 0) is 79.3 Å². The van der Waals surface area contributed by atoms with Gasteiger partial charge >= 0.3 is 0 Å². The molecule has 0 bridgehead atoms. The number of aryl methyl sites for hydroxylation is 1. The van der Waals surface area contributed by atoms with E-state index in [0.29, 0.717) is 42.4 Å². The van der Waals surface area contributed by atoms with Crippen LogP contribution in [-0.4, -0.2) is 69.5 Å². The summed E-state index contributed by atoms with van der Waals surface area (Å²) in [6.45, 7) is 5.93. The number of anilines is 2. The summed E-state index contributed by atoms with van der Waals surface area (Å²) in [5.41, 5.74) is 5.97. The fraction of sp³-hybridized carbons (Fsp3) is 0.243. The van der Waals surface area contributed by atoms with E-state index in [1.54, 1.807) is 29.3 Å². The molecule has 3 aromatic carbocycles. The van der Waals surface area contributed by atoms with Crippen LogP contribution in [0.1, 0.15) is 56.2 Å². The van der Waals surface area contributed by atoms with E-state index < -0.39 is 0 Å². The van der Waals surface area contributed by atoms with Gasteiger partial charge in [-0.3, -0.25) is 19.1 Å². The summed E-state index contributed by atoms with van der Waals surface area (Å²) < 4.78 is 1.92. The van der Waals surface area contributed by atoms with Crippen LogP contribution in [-0.2, 0) is 17.9 Å². The first-order valence-corrected chi connectivity index (χ1v) is 15.7. The molecule has 2 aromatic heterocycles. The summed E-state index contributed by atoms with van der Waals surface area (Å²) in [7, 11) is 3.90. The molecule has 5 aromatic rings. The first-order valence-electron chi connectivity index (χ1n) is 15.7. The number of carbonyl (C=O) groups excluding carboxylic acids is 3. The van der Waals surface area contributed by atoms with E-state index in [-0.39, 0.29) is 30.2 Å². The van der Waals surface area contributed by atoms with Crippen molar-refractivity contribution in [2.45, 2.75) is 32.9 Å². The third-order valence-corrected chi connectivity index (χ3v) is 8.31. The SMILES string of the molecule is Cc1cccc(NC(=O)c2nn(Cc3cccc4cc(NC(=O)C=CCN(C)C)ccc34)c3c2CN(C(=O)c2ccc[nH]2)CC3C)c1. The number of nitrogens with one attached hydrogen (secondary N) is 3. The molecule has 0 fully saturated rings. The highest BCUT2D eigenvalue weighted by atomic mass is 16.2. The number of aromatic nitrogens is 3. The highest BCUT2D eigenvalue weighted by molar-refractivity contribution is 6.04. The van der Waals surface area contributed by atoms with Gasteiger partial charge in [-0.2, -0.15) is 5.10 Å². The quantitative estimate of drug-likeness (QED) is 0.179. The maximum Gasteiger partial charge on any atom is 0.276 e. The zero-order valence-electron chi connectivity index (χ0n) is 27.1. The van der Waals surface area contributed by atoms with Crippen LogP contribution in [0, 0.1) is 6.92 Å². The third-order valence-electron chi connectivity index (χ3n) is 8.31. The summed E-state index contributed by atoms with van der Waals surface area (Å²) in [5, 5.41) is 12.9. The summed E-state index contributed by atoms with van der Waals surface area (Å²) in [6, 6.07) is 23.1. The Bertz CT molecular complexity index is 1970. The molecule has 3 N–H and O–H groups in total. The first kappa shape index (κ1) is 31.5. The van der Waals surface area contributed by atoms with E-state index >= 15 is 0 Å². The molecule has 240 valence electrons. The van der Waals surface area contributed by atoms with E-state index in [2.05, 4.69) is 28.6 Å². The normalized spacial score (nSPS) is 14.5. The van der Waals surface area contributed by atoms with E-state index in [1.807, 2.05) is 91.3 Å². The monoisotopic (exact) mass is 629 g/mol. The second-order valence-corrected chi connectivity index (χ2v) is 12.4. The lowest BCUT2D eigenvalue weighted by Gasteiger charge is -2.32. The minimum absolute atomic E-state index is 0.0666. The number of H-pyrrole nitrogens is 1. The molecule has 47 heavy (non-hydrogen) atoms. The molecule has 3 amide bonds. The molecule has 1 atom stereocenters. The van der Waals surface area contributed by atoms with E-state index in [4.69, 9.17) is 5.10 Å². The van der Waals surface area contributed by atoms with Crippen LogP contribution in [0.5, 0.6) is 0 Å². The number of rotatable bonds is 9. The van der Waals surface area contributed by atoms with Crippen LogP contribution >= 0.6 is 0 Å². The average Bonchev–Trinajstić information content (AvgIpc) is 3.70. The van der Waals surface area contributed by atoms with Gasteiger partial charge in [-0.25, -0.2) is 0 Å². The van der Waals surface area contributed by atoms with Gasteiger partial charge in [-0.1, -0.05) is 49.4 Å². The van der Waals surface area contributed by atoms with Crippen molar-refractivity contribution >= 4 is 39.9 Å². The van der Waals surface area contributed by atoms with Gasteiger partial charge in [0.1, 0.15) is 5.69 Å². The Morgan fingerprint density at radius 2 is 1.81 bits per heavy atom. The first-order chi connectivity index (χ1) is 22.7. The van der Waals surface area contributed by atoms with Crippen molar-refractivity contribution in [2.24, 2.45) is 0 Å². The Morgan fingerprint density at radius 1 is 1.00 bits per heavy atom. The lowest BCUT2D eigenvalue weighted by Crippen LogP contribution is -2.38. The Kier molecular flexibility index (Phi) is 9.03. The van der Waals surface area contributed by atoms with Crippen LogP contribution < -0.4 is 10.6 Å². The van der Waals surface area contributed by atoms with Crippen LogP contribution in [0.3, 0.4) is 0 Å². The minimum atomic E-state index is -0.315. The highest BCUT2D eigenvalue weighted by Gasteiger charge is 2.34. The minimum Gasteiger partial charge on any atom is -0.357 e. The molecule has 0 saturated carbocycles. The zero-order chi connectivity index (χ0) is 33.1. The van der Waals surface area contributed by atoms with Crippen LogP contribution in [0.4, 0.5) is 11.4 Å². The van der Waals surface area contributed by atoms with Crippen molar-refractivity contribution in [1.82, 2.24) is 24.6 Å². The molecular formula is C37H39N7O3. The number of aromatic amines is 1. The fourth-order valence-corrected chi connectivity index (χ4v) is 6.18. The molecule has 0 saturated heterocycles. The molecule has 1 unspecified atom stereocenters. The molecule has 3 heterocycles. The van der Waals surface area contributed by atoms with Crippen molar-refractivity contribution in [3.05, 3.63) is 125 Å². The number of carbonyl (C=O) groups is 3. The number of nitrogens with zero attached hydrogens (tertiary/aromatic N) is 4. The summed E-state index contributed by atoms with van der Waals surface area (Å²) in [5.74, 6) is -0.678. The molecule has 10 nitrogen and oxygen atoms in total. The highest BCUT2D eigenvalue weighted by Crippen LogP contribution is 2.33. The predicted octanol–water partition coefficient (Wildman–Crippen LogP) is 5.79. The third kappa shape index (κ3) is 7.02.